The average Bonchev–Trinajstić information content (AvgIpc) is 2.30. The van der Waals surface area contributed by atoms with E-state index in [4.69, 9.17) is 0 Å². The van der Waals surface area contributed by atoms with Crippen molar-refractivity contribution in [2.75, 3.05) is 13.6 Å². The van der Waals surface area contributed by atoms with E-state index in [0.29, 0.717) is 6.04 Å². The highest BCUT2D eigenvalue weighted by Crippen LogP contribution is 2.29. The minimum Gasteiger partial charge on any atom is -0.350 e. The molecule has 1 rings (SSSR count). The van der Waals surface area contributed by atoms with Crippen molar-refractivity contribution < 1.29 is 4.79 Å². The highest BCUT2D eigenvalue weighted by atomic mass is 16.1. The summed E-state index contributed by atoms with van der Waals surface area (Å²) in [7, 11) is 1.87. The van der Waals surface area contributed by atoms with Crippen LogP contribution in [-0.4, -0.2) is 25.5 Å². The van der Waals surface area contributed by atoms with E-state index in [1.807, 2.05) is 13.1 Å². The molecule has 1 aliphatic carbocycles. The second kappa shape index (κ2) is 7.49. The summed E-state index contributed by atoms with van der Waals surface area (Å²) in [5, 5.41) is 6.06. The highest BCUT2D eigenvalue weighted by molar-refractivity contribution is 5.87. The number of carbonyl (C=O) groups is 1. The Balaban J connectivity index is 2.23. The summed E-state index contributed by atoms with van der Waals surface area (Å²) in [6, 6.07) is 0.386. The van der Waals surface area contributed by atoms with E-state index in [1.54, 1.807) is 6.08 Å². The van der Waals surface area contributed by atoms with Crippen LogP contribution in [0.5, 0.6) is 0 Å². The van der Waals surface area contributed by atoms with Gasteiger partial charge in [-0.05, 0) is 44.6 Å². The smallest absolute Gasteiger partial charge is 0.243 e. The van der Waals surface area contributed by atoms with Crippen LogP contribution in [0, 0.1) is 11.8 Å². The monoisotopic (exact) mass is 238 g/mol. The predicted octanol–water partition coefficient (Wildman–Crippen LogP) is 2.09. The summed E-state index contributed by atoms with van der Waals surface area (Å²) >= 11 is 0. The van der Waals surface area contributed by atoms with Gasteiger partial charge in [-0.25, -0.2) is 0 Å². The van der Waals surface area contributed by atoms with E-state index in [1.165, 1.54) is 12.8 Å². The standard InChI is InChI=1S/C14H26N2O/c1-11(2)12-6-8-13(9-7-12)16-14(17)5-4-10-15-3/h4-5,11-13,15H,6-10H2,1-3H3,(H,16,17)/b5-4+. The Hall–Kier alpha value is -0.830. The molecule has 0 aliphatic heterocycles. The molecular formula is C14H26N2O. The fourth-order valence-corrected chi connectivity index (χ4v) is 2.46. The van der Waals surface area contributed by atoms with E-state index in [2.05, 4.69) is 24.5 Å². The molecule has 0 aromatic heterocycles. The van der Waals surface area contributed by atoms with Crippen LogP contribution in [0.25, 0.3) is 0 Å². The Bertz CT molecular complexity index is 253. The molecule has 1 aliphatic rings. The van der Waals surface area contributed by atoms with Crippen molar-refractivity contribution in [3.63, 3.8) is 0 Å². The molecule has 3 heteroatoms. The molecule has 0 radical (unpaired) electrons. The van der Waals surface area contributed by atoms with Crippen LogP contribution in [-0.2, 0) is 4.79 Å². The number of carbonyl (C=O) groups excluding carboxylic acids is 1. The average molecular weight is 238 g/mol. The second-order valence-electron chi connectivity index (χ2n) is 5.32. The molecule has 1 fully saturated rings. The van der Waals surface area contributed by atoms with Gasteiger partial charge in [0, 0.05) is 18.7 Å². The molecule has 1 amide bonds. The van der Waals surface area contributed by atoms with Gasteiger partial charge in [-0.15, -0.1) is 0 Å². The van der Waals surface area contributed by atoms with Gasteiger partial charge in [-0.1, -0.05) is 19.9 Å². The van der Waals surface area contributed by atoms with E-state index >= 15 is 0 Å². The Morgan fingerprint density at radius 1 is 1.29 bits per heavy atom. The number of hydrogen-bond donors (Lipinski definition) is 2. The van der Waals surface area contributed by atoms with Gasteiger partial charge < -0.3 is 10.6 Å². The molecule has 0 saturated heterocycles. The first-order valence-corrected chi connectivity index (χ1v) is 6.75. The van der Waals surface area contributed by atoms with E-state index in [-0.39, 0.29) is 5.91 Å². The predicted molar refractivity (Wildman–Crippen MR) is 71.8 cm³/mol. The van der Waals surface area contributed by atoms with Gasteiger partial charge in [0.15, 0.2) is 0 Å². The second-order valence-corrected chi connectivity index (χ2v) is 5.32. The van der Waals surface area contributed by atoms with Crippen molar-refractivity contribution in [3.8, 4) is 0 Å². The normalized spacial score (nSPS) is 25.4. The lowest BCUT2D eigenvalue weighted by atomic mass is 9.80. The van der Waals surface area contributed by atoms with Crippen LogP contribution < -0.4 is 10.6 Å². The van der Waals surface area contributed by atoms with Crippen molar-refractivity contribution in [1.29, 1.82) is 0 Å². The molecule has 0 unspecified atom stereocenters. The molecule has 17 heavy (non-hydrogen) atoms. The first-order chi connectivity index (χ1) is 8.13. The Morgan fingerprint density at radius 3 is 2.47 bits per heavy atom. The molecule has 98 valence electrons. The SMILES string of the molecule is CNC/C=C/C(=O)NC1CCC(C(C)C)CC1. The third kappa shape index (κ3) is 5.35. The van der Waals surface area contributed by atoms with Gasteiger partial charge in [0.05, 0.1) is 0 Å². The molecule has 0 spiro atoms. The highest BCUT2D eigenvalue weighted by Gasteiger charge is 2.23. The van der Waals surface area contributed by atoms with Gasteiger partial charge in [0.25, 0.3) is 0 Å². The third-order valence-corrected chi connectivity index (χ3v) is 3.65. The Morgan fingerprint density at radius 2 is 1.94 bits per heavy atom. The summed E-state index contributed by atoms with van der Waals surface area (Å²) in [5.41, 5.74) is 0. The lowest BCUT2D eigenvalue weighted by Crippen LogP contribution is -2.37. The van der Waals surface area contributed by atoms with Crippen molar-refractivity contribution >= 4 is 5.91 Å². The first kappa shape index (κ1) is 14.2. The molecular weight excluding hydrogens is 212 g/mol. The van der Waals surface area contributed by atoms with Gasteiger partial charge in [-0.2, -0.15) is 0 Å². The summed E-state index contributed by atoms with van der Waals surface area (Å²) in [5.74, 6) is 1.68. The van der Waals surface area contributed by atoms with Gasteiger partial charge in [0.2, 0.25) is 5.91 Å². The van der Waals surface area contributed by atoms with E-state index in [9.17, 15) is 4.79 Å². The lowest BCUT2D eigenvalue weighted by molar-refractivity contribution is -0.117. The number of nitrogens with one attached hydrogen (secondary N) is 2. The fraction of sp³-hybridized carbons (Fsp3) is 0.786. The summed E-state index contributed by atoms with van der Waals surface area (Å²) in [4.78, 5) is 11.6. The number of hydrogen-bond acceptors (Lipinski definition) is 2. The van der Waals surface area contributed by atoms with Gasteiger partial charge >= 0.3 is 0 Å². The van der Waals surface area contributed by atoms with Crippen LogP contribution >= 0.6 is 0 Å². The van der Waals surface area contributed by atoms with Gasteiger partial charge in [-0.3, -0.25) is 4.79 Å². The summed E-state index contributed by atoms with van der Waals surface area (Å²) in [6.07, 6.45) is 8.26. The first-order valence-electron chi connectivity index (χ1n) is 6.75. The molecule has 1 saturated carbocycles. The molecule has 0 heterocycles. The van der Waals surface area contributed by atoms with E-state index < -0.39 is 0 Å². The zero-order chi connectivity index (χ0) is 12.7. The summed E-state index contributed by atoms with van der Waals surface area (Å²) < 4.78 is 0. The quantitative estimate of drug-likeness (QED) is 0.720. The minimum atomic E-state index is 0.0493. The topological polar surface area (TPSA) is 41.1 Å². The molecule has 0 aromatic rings. The molecule has 0 atom stereocenters. The molecule has 2 N–H and O–H groups in total. The maximum Gasteiger partial charge on any atom is 0.243 e. The van der Waals surface area contributed by atoms with Crippen LogP contribution in [0.1, 0.15) is 39.5 Å². The maximum atomic E-state index is 11.6. The van der Waals surface area contributed by atoms with Crippen LogP contribution in [0.2, 0.25) is 0 Å². The van der Waals surface area contributed by atoms with Crippen LogP contribution in [0.3, 0.4) is 0 Å². The minimum absolute atomic E-state index is 0.0493. The maximum absolute atomic E-state index is 11.6. The van der Waals surface area contributed by atoms with E-state index in [0.717, 1.165) is 31.2 Å². The lowest BCUT2D eigenvalue weighted by Gasteiger charge is -2.31. The van der Waals surface area contributed by atoms with Gasteiger partial charge in [0.1, 0.15) is 0 Å². The summed E-state index contributed by atoms with van der Waals surface area (Å²) in [6.45, 7) is 5.33. The van der Waals surface area contributed by atoms with Crippen molar-refractivity contribution in [2.24, 2.45) is 11.8 Å². The zero-order valence-electron chi connectivity index (χ0n) is 11.3. The third-order valence-electron chi connectivity index (χ3n) is 3.65. The number of amides is 1. The van der Waals surface area contributed by atoms with Crippen LogP contribution in [0.15, 0.2) is 12.2 Å². The van der Waals surface area contributed by atoms with Crippen molar-refractivity contribution in [1.82, 2.24) is 10.6 Å². The largest absolute Gasteiger partial charge is 0.350 e. The van der Waals surface area contributed by atoms with Crippen molar-refractivity contribution in [2.45, 2.75) is 45.6 Å². The zero-order valence-corrected chi connectivity index (χ0v) is 11.3. The molecule has 0 aromatic carbocycles. The van der Waals surface area contributed by atoms with Crippen LogP contribution in [0.4, 0.5) is 0 Å². The Labute approximate surface area is 105 Å². The molecule has 0 bridgehead atoms. The van der Waals surface area contributed by atoms with Crippen molar-refractivity contribution in [3.05, 3.63) is 12.2 Å². The Kier molecular flexibility index (Phi) is 6.27. The molecule has 3 nitrogen and oxygen atoms in total. The number of likely N-dealkylation sites (N-methyl/N-ethyl adjacent to an activating group) is 1. The fourth-order valence-electron chi connectivity index (χ4n) is 2.46. The number of rotatable bonds is 5.